The Labute approximate surface area is 82.5 Å². The standard InChI is InChI=1S/C7H5BrClN3/c1-4-2-10-7-5(8)6(9)11-12(7)3-4/h2-3H,1H3. The van der Waals surface area contributed by atoms with Gasteiger partial charge in [-0.1, -0.05) is 11.6 Å². The summed E-state index contributed by atoms with van der Waals surface area (Å²) in [6.07, 6.45) is 3.65. The van der Waals surface area contributed by atoms with Crippen molar-refractivity contribution in [1.82, 2.24) is 14.6 Å². The van der Waals surface area contributed by atoms with E-state index in [0.29, 0.717) is 5.15 Å². The molecule has 0 atom stereocenters. The van der Waals surface area contributed by atoms with Gasteiger partial charge in [0.1, 0.15) is 4.47 Å². The number of halogens is 2. The Hall–Kier alpha value is -0.610. The normalized spacial score (nSPS) is 10.9. The van der Waals surface area contributed by atoms with Crippen LogP contribution in [0.25, 0.3) is 5.65 Å². The van der Waals surface area contributed by atoms with Gasteiger partial charge >= 0.3 is 0 Å². The highest BCUT2D eigenvalue weighted by Gasteiger charge is 2.07. The zero-order valence-electron chi connectivity index (χ0n) is 6.25. The molecule has 0 spiro atoms. The molecule has 62 valence electrons. The maximum absolute atomic E-state index is 5.79. The summed E-state index contributed by atoms with van der Waals surface area (Å²) in [6, 6.07) is 0. The van der Waals surface area contributed by atoms with E-state index in [0.717, 1.165) is 15.7 Å². The van der Waals surface area contributed by atoms with Crippen LogP contribution in [-0.2, 0) is 0 Å². The largest absolute Gasteiger partial charge is 0.236 e. The first-order valence-corrected chi connectivity index (χ1v) is 4.51. The van der Waals surface area contributed by atoms with Crippen LogP contribution < -0.4 is 0 Å². The first kappa shape index (κ1) is 8.01. The van der Waals surface area contributed by atoms with Crippen LogP contribution in [0.2, 0.25) is 5.15 Å². The summed E-state index contributed by atoms with van der Waals surface area (Å²) >= 11 is 9.08. The van der Waals surface area contributed by atoms with Crippen molar-refractivity contribution in [2.24, 2.45) is 0 Å². The summed E-state index contributed by atoms with van der Waals surface area (Å²) in [5, 5.41) is 4.48. The molecule has 0 fully saturated rings. The average molecular weight is 246 g/mol. The van der Waals surface area contributed by atoms with E-state index >= 15 is 0 Å². The average Bonchev–Trinajstić information content (AvgIpc) is 2.28. The van der Waals surface area contributed by atoms with E-state index in [9.17, 15) is 0 Å². The van der Waals surface area contributed by atoms with Crippen molar-refractivity contribution < 1.29 is 0 Å². The molecule has 0 aliphatic heterocycles. The highest BCUT2D eigenvalue weighted by atomic mass is 79.9. The minimum Gasteiger partial charge on any atom is -0.236 e. The van der Waals surface area contributed by atoms with Gasteiger partial charge in [-0.2, -0.15) is 5.10 Å². The fourth-order valence-electron chi connectivity index (χ4n) is 0.974. The first-order valence-electron chi connectivity index (χ1n) is 3.34. The molecule has 0 radical (unpaired) electrons. The van der Waals surface area contributed by atoms with Crippen LogP contribution in [0.4, 0.5) is 0 Å². The van der Waals surface area contributed by atoms with E-state index < -0.39 is 0 Å². The molecule has 0 aliphatic rings. The molecular formula is C7H5BrClN3. The zero-order valence-corrected chi connectivity index (χ0v) is 8.59. The van der Waals surface area contributed by atoms with Gasteiger partial charge < -0.3 is 0 Å². The molecule has 5 heteroatoms. The van der Waals surface area contributed by atoms with E-state index in [1.807, 2.05) is 13.1 Å². The number of hydrogen-bond donors (Lipinski definition) is 0. The Balaban J connectivity index is 2.87. The summed E-state index contributed by atoms with van der Waals surface area (Å²) in [7, 11) is 0. The van der Waals surface area contributed by atoms with E-state index in [-0.39, 0.29) is 0 Å². The SMILES string of the molecule is Cc1cnc2c(Br)c(Cl)nn2c1. The summed E-state index contributed by atoms with van der Waals surface area (Å²) in [5.41, 5.74) is 1.79. The number of aromatic nitrogens is 3. The van der Waals surface area contributed by atoms with Crippen LogP contribution >= 0.6 is 27.5 Å². The van der Waals surface area contributed by atoms with Gasteiger partial charge in [0.2, 0.25) is 0 Å². The summed E-state index contributed by atoms with van der Waals surface area (Å²) in [5.74, 6) is 0. The molecule has 2 aromatic heterocycles. The summed E-state index contributed by atoms with van der Waals surface area (Å²) in [6.45, 7) is 1.95. The van der Waals surface area contributed by atoms with Crippen LogP contribution in [0, 0.1) is 6.92 Å². The van der Waals surface area contributed by atoms with E-state index in [2.05, 4.69) is 26.0 Å². The molecular weight excluding hydrogens is 241 g/mol. The monoisotopic (exact) mass is 245 g/mol. The number of fused-ring (bicyclic) bond motifs is 1. The lowest BCUT2D eigenvalue weighted by Gasteiger charge is -1.92. The minimum atomic E-state index is 0.438. The lowest BCUT2D eigenvalue weighted by molar-refractivity contribution is 0.928. The Morgan fingerprint density at radius 1 is 1.58 bits per heavy atom. The lowest BCUT2D eigenvalue weighted by Crippen LogP contribution is -1.90. The van der Waals surface area contributed by atoms with Gasteiger partial charge in [0.15, 0.2) is 10.8 Å². The molecule has 0 unspecified atom stereocenters. The zero-order chi connectivity index (χ0) is 8.72. The fraction of sp³-hybridized carbons (Fsp3) is 0.143. The Morgan fingerprint density at radius 2 is 2.33 bits per heavy atom. The topological polar surface area (TPSA) is 30.2 Å². The third-order valence-electron chi connectivity index (χ3n) is 1.51. The molecule has 3 nitrogen and oxygen atoms in total. The van der Waals surface area contributed by atoms with Crippen LogP contribution in [0.15, 0.2) is 16.9 Å². The molecule has 12 heavy (non-hydrogen) atoms. The predicted octanol–water partition coefficient (Wildman–Crippen LogP) is 2.45. The van der Waals surface area contributed by atoms with Crippen molar-refractivity contribution in [2.75, 3.05) is 0 Å². The van der Waals surface area contributed by atoms with Crippen molar-refractivity contribution in [3.8, 4) is 0 Å². The van der Waals surface area contributed by atoms with Crippen molar-refractivity contribution in [2.45, 2.75) is 6.92 Å². The van der Waals surface area contributed by atoms with Gasteiger partial charge in [-0.3, -0.25) is 0 Å². The third-order valence-corrected chi connectivity index (χ3v) is 2.73. The number of nitrogens with zero attached hydrogens (tertiary/aromatic N) is 3. The summed E-state index contributed by atoms with van der Waals surface area (Å²) < 4.78 is 2.39. The molecule has 0 saturated carbocycles. The highest BCUT2D eigenvalue weighted by Crippen LogP contribution is 2.24. The van der Waals surface area contributed by atoms with Gasteiger partial charge in [0, 0.05) is 12.4 Å². The van der Waals surface area contributed by atoms with Crippen molar-refractivity contribution in [3.63, 3.8) is 0 Å². The molecule has 2 aromatic rings. The van der Waals surface area contributed by atoms with Gasteiger partial charge in [-0.25, -0.2) is 9.50 Å². The molecule has 0 aliphatic carbocycles. The Bertz CT molecular complexity index is 437. The maximum Gasteiger partial charge on any atom is 0.170 e. The van der Waals surface area contributed by atoms with Crippen LogP contribution in [0.5, 0.6) is 0 Å². The van der Waals surface area contributed by atoms with E-state index in [1.54, 1.807) is 10.7 Å². The summed E-state index contributed by atoms with van der Waals surface area (Å²) in [4.78, 5) is 4.17. The smallest absolute Gasteiger partial charge is 0.170 e. The van der Waals surface area contributed by atoms with Gasteiger partial charge in [-0.05, 0) is 28.4 Å². The lowest BCUT2D eigenvalue weighted by atomic mass is 10.4. The van der Waals surface area contributed by atoms with Gasteiger partial charge in [0.25, 0.3) is 0 Å². The van der Waals surface area contributed by atoms with Crippen LogP contribution in [0.3, 0.4) is 0 Å². The number of hydrogen-bond acceptors (Lipinski definition) is 2. The van der Waals surface area contributed by atoms with E-state index in [1.165, 1.54) is 0 Å². The third kappa shape index (κ3) is 1.11. The maximum atomic E-state index is 5.79. The predicted molar refractivity (Wildman–Crippen MR) is 50.4 cm³/mol. The molecule has 0 aromatic carbocycles. The Kier molecular flexibility index (Phi) is 1.81. The highest BCUT2D eigenvalue weighted by molar-refractivity contribution is 9.10. The second-order valence-corrected chi connectivity index (χ2v) is 3.66. The fourth-order valence-corrected chi connectivity index (χ4v) is 1.50. The number of aryl methyl sites for hydroxylation is 1. The van der Waals surface area contributed by atoms with Crippen LogP contribution in [-0.4, -0.2) is 14.6 Å². The van der Waals surface area contributed by atoms with E-state index in [4.69, 9.17) is 11.6 Å². The molecule has 0 bridgehead atoms. The minimum absolute atomic E-state index is 0.438. The first-order chi connectivity index (χ1) is 5.68. The Morgan fingerprint density at radius 3 is 3.08 bits per heavy atom. The second-order valence-electron chi connectivity index (χ2n) is 2.50. The second kappa shape index (κ2) is 2.71. The van der Waals surface area contributed by atoms with Crippen molar-refractivity contribution in [1.29, 1.82) is 0 Å². The van der Waals surface area contributed by atoms with Crippen molar-refractivity contribution in [3.05, 3.63) is 27.6 Å². The van der Waals surface area contributed by atoms with Gasteiger partial charge in [-0.15, -0.1) is 0 Å². The van der Waals surface area contributed by atoms with Crippen molar-refractivity contribution >= 4 is 33.2 Å². The molecule has 0 saturated heterocycles. The molecule has 2 rings (SSSR count). The quantitative estimate of drug-likeness (QED) is 0.715. The molecule has 2 heterocycles. The van der Waals surface area contributed by atoms with Gasteiger partial charge in [0.05, 0.1) is 0 Å². The molecule has 0 N–H and O–H groups in total. The molecule has 0 amide bonds. The number of rotatable bonds is 0. The van der Waals surface area contributed by atoms with Crippen LogP contribution in [0.1, 0.15) is 5.56 Å².